The number of alkyl halides is 1. The fraction of sp³-hybridized carbons (Fsp3) is 0.571. The van der Waals surface area contributed by atoms with Crippen LogP contribution in [0, 0.1) is 5.92 Å². The van der Waals surface area contributed by atoms with E-state index >= 15 is 0 Å². The van der Waals surface area contributed by atoms with Crippen molar-refractivity contribution in [2.75, 3.05) is 12.4 Å². The lowest BCUT2D eigenvalue weighted by atomic mass is 10.2. The average Bonchev–Trinajstić information content (AvgIpc) is 1.89. The van der Waals surface area contributed by atoms with Crippen molar-refractivity contribution in [1.29, 1.82) is 0 Å². The maximum Gasteiger partial charge on any atom is 0.0563 e. The SMILES string of the molecule is C=CCN=CC(C)CCl. The molecule has 1 unspecified atom stereocenters. The number of rotatable bonds is 4. The van der Waals surface area contributed by atoms with Crippen LogP contribution < -0.4 is 0 Å². The van der Waals surface area contributed by atoms with Gasteiger partial charge < -0.3 is 0 Å². The fourth-order valence-corrected chi connectivity index (χ4v) is 0.435. The number of hydrogen-bond donors (Lipinski definition) is 0. The molecule has 0 fully saturated rings. The first-order valence-corrected chi connectivity index (χ1v) is 3.51. The van der Waals surface area contributed by atoms with Crippen LogP contribution in [0.5, 0.6) is 0 Å². The lowest BCUT2D eigenvalue weighted by Gasteiger charge is -1.94. The molecule has 1 atom stereocenters. The Kier molecular flexibility index (Phi) is 5.64. The minimum absolute atomic E-state index is 0.381. The van der Waals surface area contributed by atoms with E-state index in [1.165, 1.54) is 0 Å². The number of nitrogens with zero attached hydrogens (tertiary/aromatic N) is 1. The summed E-state index contributed by atoms with van der Waals surface area (Å²) in [4.78, 5) is 4.03. The molecule has 0 aromatic heterocycles. The largest absolute Gasteiger partial charge is 0.293 e. The third kappa shape index (κ3) is 5.57. The molecule has 0 heterocycles. The van der Waals surface area contributed by atoms with Crippen LogP contribution in [0.2, 0.25) is 0 Å². The highest BCUT2D eigenvalue weighted by atomic mass is 35.5. The summed E-state index contributed by atoms with van der Waals surface area (Å²) in [5.74, 6) is 1.02. The summed E-state index contributed by atoms with van der Waals surface area (Å²) >= 11 is 5.51. The van der Waals surface area contributed by atoms with Crippen molar-refractivity contribution in [3.05, 3.63) is 12.7 Å². The van der Waals surface area contributed by atoms with E-state index in [-0.39, 0.29) is 0 Å². The molecule has 0 aliphatic heterocycles. The first-order valence-electron chi connectivity index (χ1n) is 2.98. The Labute approximate surface area is 61.4 Å². The molecule has 0 rings (SSSR count). The van der Waals surface area contributed by atoms with Crippen LogP contribution in [-0.2, 0) is 0 Å². The highest BCUT2D eigenvalue weighted by molar-refractivity contribution is 6.18. The van der Waals surface area contributed by atoms with Crippen LogP contribution in [0.4, 0.5) is 0 Å². The summed E-state index contributed by atoms with van der Waals surface area (Å²) in [6.45, 7) is 6.26. The van der Waals surface area contributed by atoms with Crippen LogP contribution in [0.1, 0.15) is 6.92 Å². The summed E-state index contributed by atoms with van der Waals surface area (Å²) in [6.07, 6.45) is 3.62. The number of halogens is 1. The monoisotopic (exact) mass is 145 g/mol. The van der Waals surface area contributed by atoms with Crippen molar-refractivity contribution < 1.29 is 0 Å². The first kappa shape index (κ1) is 8.70. The Balaban J connectivity index is 3.31. The average molecular weight is 146 g/mol. The lowest BCUT2D eigenvalue weighted by Crippen LogP contribution is -1.96. The van der Waals surface area contributed by atoms with Gasteiger partial charge in [0, 0.05) is 18.0 Å². The highest BCUT2D eigenvalue weighted by Crippen LogP contribution is 1.92. The quantitative estimate of drug-likeness (QED) is 0.327. The Morgan fingerprint density at radius 1 is 1.78 bits per heavy atom. The van der Waals surface area contributed by atoms with E-state index in [9.17, 15) is 0 Å². The Morgan fingerprint density at radius 3 is 2.89 bits per heavy atom. The van der Waals surface area contributed by atoms with Gasteiger partial charge in [0.15, 0.2) is 0 Å². The zero-order valence-corrected chi connectivity index (χ0v) is 6.43. The van der Waals surface area contributed by atoms with E-state index in [1.54, 1.807) is 6.08 Å². The molecule has 0 spiro atoms. The smallest absolute Gasteiger partial charge is 0.0563 e. The van der Waals surface area contributed by atoms with Crippen molar-refractivity contribution in [2.45, 2.75) is 6.92 Å². The molecule has 0 amide bonds. The second kappa shape index (κ2) is 5.83. The Bertz CT molecular complexity index is 99.1. The van der Waals surface area contributed by atoms with E-state index in [1.807, 2.05) is 13.1 Å². The fourth-order valence-electron chi connectivity index (χ4n) is 0.355. The molecule has 2 heteroatoms. The molecule has 0 radical (unpaired) electrons. The van der Waals surface area contributed by atoms with Gasteiger partial charge in [-0.1, -0.05) is 13.0 Å². The molecular weight excluding hydrogens is 134 g/mol. The van der Waals surface area contributed by atoms with Crippen LogP contribution in [0.15, 0.2) is 17.6 Å². The van der Waals surface area contributed by atoms with Crippen LogP contribution in [-0.4, -0.2) is 18.6 Å². The van der Waals surface area contributed by atoms with Gasteiger partial charge in [0.05, 0.1) is 6.54 Å². The predicted octanol–water partition coefficient (Wildman–Crippen LogP) is 2.12. The van der Waals surface area contributed by atoms with Gasteiger partial charge in [-0.05, 0) is 0 Å². The standard InChI is InChI=1S/C7H12ClN/c1-3-4-9-6-7(2)5-8/h3,6-7H,1,4-5H2,2H3. The van der Waals surface area contributed by atoms with E-state index in [0.717, 1.165) is 0 Å². The molecule has 1 nitrogen and oxygen atoms in total. The van der Waals surface area contributed by atoms with Crippen molar-refractivity contribution in [3.8, 4) is 0 Å². The predicted molar refractivity (Wildman–Crippen MR) is 43.4 cm³/mol. The third-order valence-electron chi connectivity index (χ3n) is 0.838. The van der Waals surface area contributed by atoms with E-state index in [2.05, 4.69) is 11.6 Å². The van der Waals surface area contributed by atoms with Gasteiger partial charge in [0.2, 0.25) is 0 Å². The summed E-state index contributed by atoms with van der Waals surface area (Å²) < 4.78 is 0. The summed E-state index contributed by atoms with van der Waals surface area (Å²) in [5.41, 5.74) is 0. The Morgan fingerprint density at radius 2 is 2.44 bits per heavy atom. The second-order valence-electron chi connectivity index (χ2n) is 1.93. The van der Waals surface area contributed by atoms with Gasteiger partial charge in [0.25, 0.3) is 0 Å². The van der Waals surface area contributed by atoms with Crippen LogP contribution in [0.3, 0.4) is 0 Å². The van der Waals surface area contributed by atoms with Gasteiger partial charge in [-0.25, -0.2) is 0 Å². The minimum Gasteiger partial charge on any atom is -0.293 e. The second-order valence-corrected chi connectivity index (χ2v) is 2.24. The first-order chi connectivity index (χ1) is 4.31. The molecule has 52 valence electrons. The zero-order valence-electron chi connectivity index (χ0n) is 5.68. The molecule has 0 saturated carbocycles. The van der Waals surface area contributed by atoms with Crippen LogP contribution >= 0.6 is 11.6 Å². The third-order valence-corrected chi connectivity index (χ3v) is 1.32. The normalized spacial score (nSPS) is 14.0. The van der Waals surface area contributed by atoms with Gasteiger partial charge in [-0.15, -0.1) is 18.2 Å². The van der Waals surface area contributed by atoms with Gasteiger partial charge >= 0.3 is 0 Å². The van der Waals surface area contributed by atoms with Crippen molar-refractivity contribution in [1.82, 2.24) is 0 Å². The van der Waals surface area contributed by atoms with Crippen molar-refractivity contribution >= 4 is 17.8 Å². The van der Waals surface area contributed by atoms with E-state index < -0.39 is 0 Å². The molecule has 0 aromatic rings. The maximum atomic E-state index is 5.51. The van der Waals surface area contributed by atoms with Crippen LogP contribution in [0.25, 0.3) is 0 Å². The minimum atomic E-state index is 0.381. The Hall–Kier alpha value is -0.300. The maximum absolute atomic E-state index is 5.51. The molecule has 0 saturated heterocycles. The lowest BCUT2D eigenvalue weighted by molar-refractivity contribution is 0.910. The zero-order chi connectivity index (χ0) is 7.11. The highest BCUT2D eigenvalue weighted by Gasteiger charge is 1.90. The topological polar surface area (TPSA) is 12.4 Å². The van der Waals surface area contributed by atoms with Gasteiger partial charge in [0.1, 0.15) is 0 Å². The molecule has 0 aliphatic rings. The van der Waals surface area contributed by atoms with Gasteiger partial charge in [-0.3, -0.25) is 4.99 Å². The molecule has 0 N–H and O–H groups in total. The molecule has 0 bridgehead atoms. The summed E-state index contributed by atoms with van der Waals surface area (Å²) in [6, 6.07) is 0. The van der Waals surface area contributed by atoms with Crippen molar-refractivity contribution in [2.24, 2.45) is 10.9 Å². The summed E-state index contributed by atoms with van der Waals surface area (Å²) in [5, 5.41) is 0. The molecule has 9 heavy (non-hydrogen) atoms. The molecular formula is C7H12ClN. The number of aliphatic imine (C=N–C) groups is 1. The van der Waals surface area contributed by atoms with Gasteiger partial charge in [-0.2, -0.15) is 0 Å². The van der Waals surface area contributed by atoms with E-state index in [4.69, 9.17) is 11.6 Å². The molecule has 0 aromatic carbocycles. The van der Waals surface area contributed by atoms with E-state index in [0.29, 0.717) is 18.3 Å². The summed E-state index contributed by atoms with van der Waals surface area (Å²) in [7, 11) is 0. The molecule has 0 aliphatic carbocycles. The van der Waals surface area contributed by atoms with Crippen molar-refractivity contribution in [3.63, 3.8) is 0 Å². The number of hydrogen-bond acceptors (Lipinski definition) is 1.